The molecule has 96 valence electrons. The van der Waals surface area contributed by atoms with Gasteiger partial charge in [0, 0.05) is 0 Å². The van der Waals surface area contributed by atoms with Crippen molar-refractivity contribution < 1.29 is 0 Å². The molecular weight excluding hydrogens is 204 g/mol. The van der Waals surface area contributed by atoms with Gasteiger partial charge in [0.25, 0.3) is 0 Å². The molecule has 0 bridgehead atoms. The second kappa shape index (κ2) is 3.75. The Balaban J connectivity index is 1.28. The molecule has 17 heavy (non-hydrogen) atoms. The second-order valence-corrected chi connectivity index (χ2v) is 7.92. The van der Waals surface area contributed by atoms with Crippen LogP contribution >= 0.6 is 0 Å². The van der Waals surface area contributed by atoms with E-state index >= 15 is 0 Å². The molecule has 0 aliphatic heterocycles. The molecule has 0 aromatic rings. The van der Waals surface area contributed by atoms with Gasteiger partial charge in [0.1, 0.15) is 0 Å². The Morgan fingerprint density at radius 1 is 0.941 bits per heavy atom. The number of hydrogen-bond donors (Lipinski definition) is 0. The predicted octanol–water partition coefficient (Wildman–Crippen LogP) is 5.03. The van der Waals surface area contributed by atoms with E-state index in [-0.39, 0.29) is 0 Å². The summed E-state index contributed by atoms with van der Waals surface area (Å²) >= 11 is 0. The van der Waals surface area contributed by atoms with Gasteiger partial charge < -0.3 is 0 Å². The van der Waals surface area contributed by atoms with Gasteiger partial charge >= 0.3 is 0 Å². The SMILES string of the molecule is CC12CC(CCC3CCCCC3)C1C1CCC12. The van der Waals surface area contributed by atoms with Gasteiger partial charge in [0.2, 0.25) is 0 Å². The van der Waals surface area contributed by atoms with E-state index in [2.05, 4.69) is 6.92 Å². The largest absolute Gasteiger partial charge is 0.0591 e. The van der Waals surface area contributed by atoms with Crippen LogP contribution in [0.2, 0.25) is 0 Å². The van der Waals surface area contributed by atoms with E-state index in [0.717, 1.165) is 17.3 Å². The zero-order valence-corrected chi connectivity index (χ0v) is 11.5. The Kier molecular flexibility index (Phi) is 2.40. The van der Waals surface area contributed by atoms with E-state index in [0.29, 0.717) is 0 Å². The molecule has 0 nitrogen and oxygen atoms in total. The van der Waals surface area contributed by atoms with Gasteiger partial charge in [-0.05, 0) is 60.7 Å². The Morgan fingerprint density at radius 3 is 2.41 bits per heavy atom. The molecule has 4 aliphatic rings. The second-order valence-electron chi connectivity index (χ2n) is 7.92. The third kappa shape index (κ3) is 1.42. The molecule has 0 aromatic heterocycles. The third-order valence-electron chi connectivity index (χ3n) is 7.28. The van der Waals surface area contributed by atoms with E-state index in [1.807, 2.05) is 0 Å². The molecule has 0 amide bonds. The minimum absolute atomic E-state index is 0.847. The van der Waals surface area contributed by atoms with Gasteiger partial charge in [-0.15, -0.1) is 0 Å². The van der Waals surface area contributed by atoms with Crippen LogP contribution < -0.4 is 0 Å². The highest BCUT2D eigenvalue weighted by Crippen LogP contribution is 2.77. The van der Waals surface area contributed by atoms with Crippen molar-refractivity contribution in [2.24, 2.45) is 35.0 Å². The van der Waals surface area contributed by atoms with Crippen LogP contribution in [0.3, 0.4) is 0 Å². The first-order valence-corrected chi connectivity index (χ1v) is 8.29. The molecule has 0 N–H and O–H groups in total. The van der Waals surface area contributed by atoms with E-state index in [1.165, 1.54) is 37.0 Å². The highest BCUT2D eigenvalue weighted by atomic mass is 14.7. The summed E-state index contributed by atoms with van der Waals surface area (Å²) in [5.41, 5.74) is 0.847. The van der Waals surface area contributed by atoms with Crippen LogP contribution in [0.4, 0.5) is 0 Å². The van der Waals surface area contributed by atoms with E-state index in [9.17, 15) is 0 Å². The van der Waals surface area contributed by atoms with E-state index in [1.54, 1.807) is 44.9 Å². The fraction of sp³-hybridized carbons (Fsp3) is 1.00. The Bertz CT molecular complexity index is 301. The standard InChI is InChI=1S/C17H28/c1-17-11-13(16(17)14-9-10-15(14)17)8-7-12-5-3-2-4-6-12/h12-16H,2-11H2,1H3. The van der Waals surface area contributed by atoms with Gasteiger partial charge in [0.05, 0.1) is 0 Å². The first-order valence-electron chi connectivity index (χ1n) is 8.29. The molecule has 4 rings (SSSR count). The lowest BCUT2D eigenvalue weighted by molar-refractivity contribution is -0.278. The highest BCUT2D eigenvalue weighted by molar-refractivity contribution is 5.18. The molecule has 0 heteroatoms. The van der Waals surface area contributed by atoms with Crippen molar-refractivity contribution in [1.82, 2.24) is 0 Å². The fourth-order valence-electron chi connectivity index (χ4n) is 6.31. The van der Waals surface area contributed by atoms with Gasteiger partial charge in [0.15, 0.2) is 0 Å². The number of fused-ring (bicyclic) bond motifs is 4. The van der Waals surface area contributed by atoms with Crippen LogP contribution in [0.1, 0.15) is 71.1 Å². The van der Waals surface area contributed by atoms with Crippen LogP contribution in [-0.4, -0.2) is 0 Å². The number of hydrogen-bond acceptors (Lipinski definition) is 0. The zero-order valence-electron chi connectivity index (χ0n) is 11.5. The van der Waals surface area contributed by atoms with Gasteiger partial charge in [-0.25, -0.2) is 0 Å². The van der Waals surface area contributed by atoms with Gasteiger partial charge in [-0.1, -0.05) is 45.4 Å². The topological polar surface area (TPSA) is 0 Å². The molecular formula is C17H28. The van der Waals surface area contributed by atoms with Crippen molar-refractivity contribution >= 4 is 0 Å². The first kappa shape index (κ1) is 10.9. The zero-order chi connectivity index (χ0) is 11.5. The molecule has 4 saturated carbocycles. The maximum atomic E-state index is 2.61. The molecule has 4 aliphatic carbocycles. The normalized spacial score (nSPS) is 52.8. The summed E-state index contributed by atoms with van der Waals surface area (Å²) in [5, 5.41) is 0. The molecule has 5 unspecified atom stereocenters. The summed E-state index contributed by atoms with van der Waals surface area (Å²) in [6, 6.07) is 0. The summed E-state index contributed by atoms with van der Waals surface area (Å²) in [7, 11) is 0. The molecule has 5 atom stereocenters. The van der Waals surface area contributed by atoms with Gasteiger partial charge in [-0.2, -0.15) is 0 Å². The Hall–Kier alpha value is 0. The summed E-state index contributed by atoms with van der Waals surface area (Å²) in [5.74, 6) is 5.84. The predicted molar refractivity (Wildman–Crippen MR) is 71.7 cm³/mol. The molecule has 0 heterocycles. The smallest absolute Gasteiger partial charge is 0.0258 e. The summed E-state index contributed by atoms with van der Waals surface area (Å²) < 4.78 is 0. The average molecular weight is 232 g/mol. The highest BCUT2D eigenvalue weighted by Gasteiger charge is 2.70. The van der Waals surface area contributed by atoms with Crippen LogP contribution in [-0.2, 0) is 0 Å². The van der Waals surface area contributed by atoms with Gasteiger partial charge in [-0.3, -0.25) is 0 Å². The molecule has 0 spiro atoms. The lowest BCUT2D eigenvalue weighted by atomic mass is 9.28. The van der Waals surface area contributed by atoms with E-state index < -0.39 is 0 Å². The lowest BCUT2D eigenvalue weighted by Crippen LogP contribution is -2.70. The monoisotopic (exact) mass is 232 g/mol. The van der Waals surface area contributed by atoms with Crippen molar-refractivity contribution in [3.05, 3.63) is 0 Å². The maximum Gasteiger partial charge on any atom is -0.0258 e. The van der Waals surface area contributed by atoms with Crippen LogP contribution in [0.25, 0.3) is 0 Å². The van der Waals surface area contributed by atoms with Crippen LogP contribution in [0, 0.1) is 35.0 Å². The van der Waals surface area contributed by atoms with Crippen molar-refractivity contribution in [2.75, 3.05) is 0 Å². The fourth-order valence-corrected chi connectivity index (χ4v) is 6.31. The Morgan fingerprint density at radius 2 is 1.76 bits per heavy atom. The first-order chi connectivity index (χ1) is 8.29. The van der Waals surface area contributed by atoms with Crippen LogP contribution in [0.5, 0.6) is 0 Å². The minimum Gasteiger partial charge on any atom is -0.0591 e. The van der Waals surface area contributed by atoms with Crippen molar-refractivity contribution in [1.29, 1.82) is 0 Å². The molecule has 0 saturated heterocycles. The lowest BCUT2D eigenvalue weighted by Gasteiger charge is -2.76. The number of rotatable bonds is 3. The quantitative estimate of drug-likeness (QED) is 0.640. The summed E-state index contributed by atoms with van der Waals surface area (Å²) in [4.78, 5) is 0. The van der Waals surface area contributed by atoms with E-state index in [4.69, 9.17) is 0 Å². The minimum atomic E-state index is 0.847. The maximum absolute atomic E-state index is 2.61. The van der Waals surface area contributed by atoms with Crippen molar-refractivity contribution in [3.8, 4) is 0 Å². The molecule has 0 aromatic carbocycles. The third-order valence-corrected chi connectivity index (χ3v) is 7.28. The molecule has 0 radical (unpaired) electrons. The summed E-state index contributed by atoms with van der Waals surface area (Å²) in [6.45, 7) is 2.61. The van der Waals surface area contributed by atoms with Crippen molar-refractivity contribution in [2.45, 2.75) is 71.1 Å². The van der Waals surface area contributed by atoms with Crippen LogP contribution in [0.15, 0.2) is 0 Å². The summed E-state index contributed by atoms with van der Waals surface area (Å²) in [6.07, 6.45) is 15.6. The Labute approximate surface area is 107 Å². The average Bonchev–Trinajstić information content (AvgIpc) is 2.31. The molecule has 4 fully saturated rings. The van der Waals surface area contributed by atoms with Crippen molar-refractivity contribution in [3.63, 3.8) is 0 Å².